The lowest BCUT2D eigenvalue weighted by atomic mass is 9.89. The summed E-state index contributed by atoms with van der Waals surface area (Å²) in [5.74, 6) is 0.657. The van der Waals surface area contributed by atoms with E-state index in [1.165, 1.54) is 0 Å². The Bertz CT molecular complexity index is 428. The van der Waals surface area contributed by atoms with Crippen LogP contribution in [-0.2, 0) is 0 Å². The minimum absolute atomic E-state index is 0.0907. The Morgan fingerprint density at radius 1 is 1.37 bits per heavy atom. The number of hydrogen-bond acceptors (Lipinski definition) is 4. The van der Waals surface area contributed by atoms with Gasteiger partial charge in [0.1, 0.15) is 0 Å². The third-order valence-corrected chi connectivity index (χ3v) is 3.80. The fraction of sp³-hybridized carbons (Fsp3) is 0.667. The van der Waals surface area contributed by atoms with Crippen LogP contribution in [0.1, 0.15) is 45.3 Å². The van der Waals surface area contributed by atoms with Gasteiger partial charge in [-0.2, -0.15) is 0 Å². The Morgan fingerprint density at radius 3 is 2.74 bits per heavy atom. The second-order valence-corrected chi connectivity index (χ2v) is 6.22. The maximum absolute atomic E-state index is 6.37. The third kappa shape index (κ3) is 3.07. The number of nitrogens with zero attached hydrogens (tertiary/aromatic N) is 2. The Hall–Kier alpha value is -1.13. The summed E-state index contributed by atoms with van der Waals surface area (Å²) in [5.41, 5.74) is 7.47. The highest BCUT2D eigenvalue weighted by atomic mass is 16.5. The number of rotatable bonds is 2. The van der Waals surface area contributed by atoms with Crippen molar-refractivity contribution in [2.24, 2.45) is 5.73 Å². The highest BCUT2D eigenvalue weighted by Gasteiger charge is 2.37. The van der Waals surface area contributed by atoms with Crippen LogP contribution in [0.2, 0.25) is 0 Å². The van der Waals surface area contributed by atoms with E-state index in [1.807, 2.05) is 12.1 Å². The zero-order valence-electron chi connectivity index (χ0n) is 12.4. The van der Waals surface area contributed by atoms with E-state index in [4.69, 9.17) is 10.5 Å². The molecule has 1 aromatic heterocycles. The van der Waals surface area contributed by atoms with Crippen molar-refractivity contribution in [2.45, 2.75) is 51.2 Å². The van der Waals surface area contributed by atoms with Gasteiger partial charge in [0.05, 0.1) is 18.8 Å². The minimum Gasteiger partial charge on any atom is -0.481 e. The van der Waals surface area contributed by atoms with Gasteiger partial charge < -0.3 is 10.5 Å². The Morgan fingerprint density at radius 2 is 2.11 bits per heavy atom. The van der Waals surface area contributed by atoms with Crippen molar-refractivity contribution in [3.05, 3.63) is 23.9 Å². The lowest BCUT2D eigenvalue weighted by Gasteiger charge is -2.47. The van der Waals surface area contributed by atoms with Gasteiger partial charge in [0.2, 0.25) is 5.88 Å². The van der Waals surface area contributed by atoms with Crippen LogP contribution in [0.4, 0.5) is 0 Å². The number of aromatic nitrogens is 1. The van der Waals surface area contributed by atoms with Crippen molar-refractivity contribution in [1.82, 2.24) is 9.88 Å². The topological polar surface area (TPSA) is 51.4 Å². The summed E-state index contributed by atoms with van der Waals surface area (Å²) >= 11 is 0. The standard InChI is InChI=1S/C15H25N3O/c1-15(2,3)18-10-6-7-11(16)14(18)12-8-5-9-13(17-12)19-4/h5,8-9,11,14H,6-7,10,16H2,1-4H3. The molecule has 1 aliphatic heterocycles. The lowest BCUT2D eigenvalue weighted by molar-refractivity contribution is 0.0360. The van der Waals surface area contributed by atoms with E-state index in [0.717, 1.165) is 25.1 Å². The zero-order valence-corrected chi connectivity index (χ0v) is 12.4. The number of piperidine rings is 1. The van der Waals surface area contributed by atoms with Crippen molar-refractivity contribution in [1.29, 1.82) is 0 Å². The molecule has 1 saturated heterocycles. The van der Waals surface area contributed by atoms with E-state index >= 15 is 0 Å². The molecule has 4 heteroatoms. The van der Waals surface area contributed by atoms with E-state index in [0.29, 0.717) is 5.88 Å². The van der Waals surface area contributed by atoms with Crippen molar-refractivity contribution >= 4 is 0 Å². The van der Waals surface area contributed by atoms with Crippen LogP contribution in [0.5, 0.6) is 5.88 Å². The molecule has 2 rings (SSSR count). The molecule has 0 bridgehead atoms. The summed E-state index contributed by atoms with van der Waals surface area (Å²) < 4.78 is 5.23. The summed E-state index contributed by atoms with van der Waals surface area (Å²) in [6.07, 6.45) is 2.20. The van der Waals surface area contributed by atoms with Gasteiger partial charge in [-0.15, -0.1) is 0 Å². The highest BCUT2D eigenvalue weighted by Crippen LogP contribution is 2.35. The highest BCUT2D eigenvalue weighted by molar-refractivity contribution is 5.20. The first-order valence-corrected chi connectivity index (χ1v) is 6.97. The second-order valence-electron chi connectivity index (χ2n) is 6.22. The van der Waals surface area contributed by atoms with E-state index in [1.54, 1.807) is 7.11 Å². The molecule has 1 fully saturated rings. The molecule has 0 spiro atoms. The predicted molar refractivity (Wildman–Crippen MR) is 77.2 cm³/mol. The van der Waals surface area contributed by atoms with Gasteiger partial charge in [0.25, 0.3) is 0 Å². The smallest absolute Gasteiger partial charge is 0.213 e. The molecule has 4 nitrogen and oxygen atoms in total. The average molecular weight is 263 g/mol. The molecule has 106 valence electrons. The van der Waals surface area contributed by atoms with Crippen molar-refractivity contribution < 1.29 is 4.74 Å². The maximum Gasteiger partial charge on any atom is 0.213 e. The summed E-state index contributed by atoms with van der Waals surface area (Å²) in [5, 5.41) is 0. The molecule has 19 heavy (non-hydrogen) atoms. The van der Waals surface area contributed by atoms with E-state index < -0.39 is 0 Å². The van der Waals surface area contributed by atoms with Crippen LogP contribution in [0, 0.1) is 0 Å². The van der Waals surface area contributed by atoms with Gasteiger partial charge in [-0.3, -0.25) is 4.90 Å². The molecule has 0 amide bonds. The van der Waals surface area contributed by atoms with Crippen molar-refractivity contribution in [3.63, 3.8) is 0 Å². The van der Waals surface area contributed by atoms with Crippen LogP contribution >= 0.6 is 0 Å². The summed E-state index contributed by atoms with van der Waals surface area (Å²) in [6, 6.07) is 6.22. The molecular formula is C15H25N3O. The van der Waals surface area contributed by atoms with Crippen LogP contribution in [0.25, 0.3) is 0 Å². The normalized spacial score (nSPS) is 25.3. The van der Waals surface area contributed by atoms with Crippen LogP contribution < -0.4 is 10.5 Å². The Labute approximate surface area is 116 Å². The molecule has 0 aliphatic carbocycles. The number of methoxy groups -OCH3 is 1. The number of ether oxygens (including phenoxy) is 1. The molecular weight excluding hydrogens is 238 g/mol. The minimum atomic E-state index is 0.0907. The SMILES string of the molecule is COc1cccc(C2C(N)CCCN2C(C)(C)C)n1. The zero-order chi connectivity index (χ0) is 14.0. The van der Waals surface area contributed by atoms with E-state index in [-0.39, 0.29) is 17.6 Å². The van der Waals surface area contributed by atoms with Gasteiger partial charge >= 0.3 is 0 Å². The molecule has 1 aromatic rings. The largest absolute Gasteiger partial charge is 0.481 e. The maximum atomic E-state index is 6.37. The van der Waals surface area contributed by atoms with Gasteiger partial charge in [-0.05, 0) is 46.2 Å². The molecule has 1 aliphatic rings. The number of hydrogen-bond donors (Lipinski definition) is 1. The summed E-state index contributed by atoms with van der Waals surface area (Å²) in [7, 11) is 1.65. The van der Waals surface area contributed by atoms with Crippen LogP contribution in [0.15, 0.2) is 18.2 Å². The lowest BCUT2D eigenvalue weighted by Crippen LogP contribution is -2.53. The Balaban J connectivity index is 2.36. The predicted octanol–water partition coefficient (Wildman–Crippen LogP) is 2.35. The van der Waals surface area contributed by atoms with Crippen LogP contribution in [0.3, 0.4) is 0 Å². The molecule has 0 aromatic carbocycles. The molecule has 2 heterocycles. The molecule has 2 N–H and O–H groups in total. The fourth-order valence-corrected chi connectivity index (χ4v) is 2.87. The van der Waals surface area contributed by atoms with Gasteiger partial charge in [0.15, 0.2) is 0 Å². The van der Waals surface area contributed by atoms with E-state index in [2.05, 4.69) is 36.7 Å². The second kappa shape index (κ2) is 5.47. The first kappa shape index (κ1) is 14.3. The van der Waals surface area contributed by atoms with Crippen molar-refractivity contribution in [3.8, 4) is 5.88 Å². The average Bonchev–Trinajstić information content (AvgIpc) is 2.37. The quantitative estimate of drug-likeness (QED) is 0.890. The Kier molecular flexibility index (Phi) is 4.11. The van der Waals surface area contributed by atoms with Gasteiger partial charge in [0, 0.05) is 17.6 Å². The first-order valence-electron chi connectivity index (χ1n) is 6.97. The number of pyridine rings is 1. The number of nitrogens with two attached hydrogens (primary N) is 1. The molecule has 2 atom stereocenters. The van der Waals surface area contributed by atoms with Crippen molar-refractivity contribution in [2.75, 3.05) is 13.7 Å². The molecule has 0 radical (unpaired) electrons. The summed E-state index contributed by atoms with van der Waals surface area (Å²) in [6.45, 7) is 7.77. The number of likely N-dealkylation sites (tertiary alicyclic amines) is 1. The van der Waals surface area contributed by atoms with Gasteiger partial charge in [-0.1, -0.05) is 6.07 Å². The summed E-state index contributed by atoms with van der Waals surface area (Å²) in [4.78, 5) is 7.05. The monoisotopic (exact) mass is 263 g/mol. The van der Waals surface area contributed by atoms with Crippen LogP contribution in [-0.4, -0.2) is 35.1 Å². The molecule has 2 unspecified atom stereocenters. The first-order chi connectivity index (χ1) is 8.93. The van der Waals surface area contributed by atoms with E-state index in [9.17, 15) is 0 Å². The molecule has 0 saturated carbocycles. The fourth-order valence-electron chi connectivity index (χ4n) is 2.87. The third-order valence-electron chi connectivity index (χ3n) is 3.80. The van der Waals surface area contributed by atoms with Gasteiger partial charge in [-0.25, -0.2) is 4.98 Å².